The average Bonchev–Trinajstić information content (AvgIpc) is 2.98. The van der Waals surface area contributed by atoms with Gasteiger partial charge in [-0.25, -0.2) is 0 Å². The van der Waals surface area contributed by atoms with Crippen molar-refractivity contribution in [2.24, 2.45) is 0 Å². The van der Waals surface area contributed by atoms with Crippen molar-refractivity contribution in [3.63, 3.8) is 0 Å². The van der Waals surface area contributed by atoms with Gasteiger partial charge >= 0.3 is 6.18 Å². The maximum absolute atomic E-state index is 12.3. The molecule has 0 bridgehead atoms. The maximum Gasteiger partial charge on any atom is 0.422 e. The molecule has 0 amide bonds. The summed E-state index contributed by atoms with van der Waals surface area (Å²) >= 11 is 0. The van der Waals surface area contributed by atoms with E-state index in [1.807, 2.05) is 31.6 Å². The standard InChI is InChI=1S/C18H24F3N3O2/c1-5-24-10-15(13(3)23-24)12(2)22-9-14-6-7-16(17(8-14)25-4)26-11-18(19,20)21/h6-8,10,12,22H,5,9,11H2,1-4H3. The summed E-state index contributed by atoms with van der Waals surface area (Å²) in [6, 6.07) is 4.97. The zero-order chi connectivity index (χ0) is 19.3. The van der Waals surface area contributed by atoms with E-state index in [4.69, 9.17) is 9.47 Å². The Balaban J connectivity index is 2.01. The maximum atomic E-state index is 12.3. The fraction of sp³-hybridized carbons (Fsp3) is 0.500. The minimum absolute atomic E-state index is 0.0710. The van der Waals surface area contributed by atoms with Crippen LogP contribution in [-0.4, -0.2) is 29.7 Å². The number of aromatic nitrogens is 2. The van der Waals surface area contributed by atoms with Crippen LogP contribution in [-0.2, 0) is 13.1 Å². The molecule has 1 heterocycles. The first kappa shape index (κ1) is 20.1. The van der Waals surface area contributed by atoms with Crippen molar-refractivity contribution in [3.05, 3.63) is 41.2 Å². The fourth-order valence-electron chi connectivity index (χ4n) is 2.60. The number of methoxy groups -OCH3 is 1. The van der Waals surface area contributed by atoms with E-state index >= 15 is 0 Å². The molecule has 1 N–H and O–H groups in total. The highest BCUT2D eigenvalue weighted by atomic mass is 19.4. The van der Waals surface area contributed by atoms with Crippen LogP contribution < -0.4 is 14.8 Å². The van der Waals surface area contributed by atoms with Gasteiger partial charge < -0.3 is 14.8 Å². The minimum Gasteiger partial charge on any atom is -0.493 e. The number of ether oxygens (including phenoxy) is 2. The summed E-state index contributed by atoms with van der Waals surface area (Å²) in [6.45, 7) is 6.04. The summed E-state index contributed by atoms with van der Waals surface area (Å²) in [4.78, 5) is 0. The summed E-state index contributed by atoms with van der Waals surface area (Å²) in [5, 5.41) is 7.82. The number of alkyl halides is 3. The van der Waals surface area contributed by atoms with Gasteiger partial charge in [-0.3, -0.25) is 4.68 Å². The molecule has 2 rings (SSSR count). The lowest BCUT2D eigenvalue weighted by Gasteiger charge is -2.16. The van der Waals surface area contributed by atoms with Crippen molar-refractivity contribution >= 4 is 0 Å². The second-order valence-electron chi connectivity index (χ2n) is 6.02. The van der Waals surface area contributed by atoms with E-state index in [-0.39, 0.29) is 17.5 Å². The van der Waals surface area contributed by atoms with Crippen LogP contribution in [0.5, 0.6) is 11.5 Å². The molecular weight excluding hydrogens is 347 g/mol. The van der Waals surface area contributed by atoms with Crippen LogP contribution in [0.15, 0.2) is 24.4 Å². The van der Waals surface area contributed by atoms with E-state index in [1.165, 1.54) is 13.2 Å². The van der Waals surface area contributed by atoms with Crippen LogP contribution in [0.2, 0.25) is 0 Å². The average molecular weight is 371 g/mol. The molecule has 0 aliphatic rings. The third kappa shape index (κ3) is 5.39. The van der Waals surface area contributed by atoms with Crippen LogP contribution >= 0.6 is 0 Å². The van der Waals surface area contributed by atoms with Crippen LogP contribution in [0.3, 0.4) is 0 Å². The molecular formula is C18H24F3N3O2. The van der Waals surface area contributed by atoms with E-state index in [1.54, 1.807) is 12.1 Å². The van der Waals surface area contributed by atoms with Crippen molar-refractivity contribution in [2.75, 3.05) is 13.7 Å². The normalized spacial score (nSPS) is 12.9. The van der Waals surface area contributed by atoms with Crippen molar-refractivity contribution in [3.8, 4) is 11.5 Å². The molecule has 26 heavy (non-hydrogen) atoms. The van der Waals surface area contributed by atoms with Gasteiger partial charge in [0.15, 0.2) is 18.1 Å². The number of hydrogen-bond acceptors (Lipinski definition) is 4. The molecule has 0 fully saturated rings. The molecule has 0 aliphatic carbocycles. The zero-order valence-corrected chi connectivity index (χ0v) is 15.4. The van der Waals surface area contributed by atoms with Gasteiger partial charge in [0, 0.05) is 30.9 Å². The minimum atomic E-state index is -4.39. The van der Waals surface area contributed by atoms with Crippen molar-refractivity contribution in [2.45, 2.75) is 46.1 Å². The van der Waals surface area contributed by atoms with Gasteiger partial charge in [-0.1, -0.05) is 6.07 Å². The first-order valence-electron chi connectivity index (χ1n) is 8.37. The van der Waals surface area contributed by atoms with E-state index in [0.717, 1.165) is 23.4 Å². The third-order valence-corrected chi connectivity index (χ3v) is 4.01. The van der Waals surface area contributed by atoms with Gasteiger partial charge in [0.2, 0.25) is 0 Å². The largest absolute Gasteiger partial charge is 0.493 e. The number of nitrogens with zero attached hydrogens (tertiary/aromatic N) is 2. The molecule has 0 saturated carbocycles. The third-order valence-electron chi connectivity index (χ3n) is 4.01. The summed E-state index contributed by atoms with van der Waals surface area (Å²) in [5.74, 6) is 0.345. The lowest BCUT2D eigenvalue weighted by Crippen LogP contribution is -2.20. The molecule has 0 radical (unpaired) electrons. The van der Waals surface area contributed by atoms with E-state index < -0.39 is 12.8 Å². The Labute approximate surface area is 151 Å². The molecule has 2 aromatic rings. The summed E-state index contributed by atoms with van der Waals surface area (Å²) < 4.78 is 48.7. The van der Waals surface area contributed by atoms with Crippen molar-refractivity contribution in [1.29, 1.82) is 0 Å². The lowest BCUT2D eigenvalue weighted by atomic mass is 10.1. The second-order valence-corrected chi connectivity index (χ2v) is 6.02. The highest BCUT2D eigenvalue weighted by Gasteiger charge is 2.29. The first-order chi connectivity index (χ1) is 12.2. The number of hydrogen-bond donors (Lipinski definition) is 1. The van der Waals surface area contributed by atoms with Crippen LogP contribution in [0, 0.1) is 6.92 Å². The van der Waals surface area contributed by atoms with Crippen LogP contribution in [0.4, 0.5) is 13.2 Å². The fourth-order valence-corrected chi connectivity index (χ4v) is 2.60. The number of aryl methyl sites for hydroxylation is 2. The quantitative estimate of drug-likeness (QED) is 0.762. The molecule has 1 aromatic heterocycles. The molecule has 8 heteroatoms. The van der Waals surface area contributed by atoms with Crippen molar-refractivity contribution in [1.82, 2.24) is 15.1 Å². The SMILES string of the molecule is CCn1cc(C(C)NCc2ccc(OCC(F)(F)F)c(OC)c2)c(C)n1. The Kier molecular flexibility index (Phi) is 6.52. The van der Waals surface area contributed by atoms with Crippen LogP contribution in [0.1, 0.15) is 36.7 Å². The second kappa shape index (κ2) is 8.44. The smallest absolute Gasteiger partial charge is 0.422 e. The molecule has 1 aromatic carbocycles. The molecule has 0 saturated heterocycles. The summed E-state index contributed by atoms with van der Waals surface area (Å²) in [5.41, 5.74) is 2.97. The van der Waals surface area contributed by atoms with Gasteiger partial charge in [-0.05, 0) is 38.5 Å². The van der Waals surface area contributed by atoms with E-state index in [9.17, 15) is 13.2 Å². The Bertz CT molecular complexity index is 729. The topological polar surface area (TPSA) is 48.3 Å². The monoisotopic (exact) mass is 371 g/mol. The first-order valence-corrected chi connectivity index (χ1v) is 8.37. The van der Waals surface area contributed by atoms with Gasteiger partial charge in [-0.15, -0.1) is 0 Å². The Morgan fingerprint density at radius 1 is 1.27 bits per heavy atom. The number of halogens is 3. The highest BCUT2D eigenvalue weighted by molar-refractivity contribution is 5.43. The molecule has 1 atom stereocenters. The molecule has 5 nitrogen and oxygen atoms in total. The Morgan fingerprint density at radius 2 is 2.00 bits per heavy atom. The molecule has 1 unspecified atom stereocenters. The number of benzene rings is 1. The number of nitrogens with one attached hydrogen (secondary N) is 1. The van der Waals surface area contributed by atoms with Crippen LogP contribution in [0.25, 0.3) is 0 Å². The number of rotatable bonds is 8. The summed E-state index contributed by atoms with van der Waals surface area (Å²) in [7, 11) is 1.40. The van der Waals surface area contributed by atoms with Gasteiger partial charge in [0.1, 0.15) is 0 Å². The van der Waals surface area contributed by atoms with Gasteiger partial charge in [-0.2, -0.15) is 18.3 Å². The molecule has 0 spiro atoms. The van der Waals surface area contributed by atoms with E-state index in [0.29, 0.717) is 6.54 Å². The predicted molar refractivity (Wildman–Crippen MR) is 92.4 cm³/mol. The lowest BCUT2D eigenvalue weighted by molar-refractivity contribution is -0.153. The highest BCUT2D eigenvalue weighted by Crippen LogP contribution is 2.30. The van der Waals surface area contributed by atoms with Gasteiger partial charge in [0.25, 0.3) is 0 Å². The molecule has 144 valence electrons. The zero-order valence-electron chi connectivity index (χ0n) is 15.4. The summed E-state index contributed by atoms with van der Waals surface area (Å²) in [6.07, 6.45) is -2.37. The molecule has 0 aliphatic heterocycles. The Morgan fingerprint density at radius 3 is 2.58 bits per heavy atom. The predicted octanol–water partition coefficient (Wildman–Crippen LogP) is 4.01. The van der Waals surface area contributed by atoms with Crippen molar-refractivity contribution < 1.29 is 22.6 Å². The van der Waals surface area contributed by atoms with Gasteiger partial charge in [0.05, 0.1) is 12.8 Å². The van der Waals surface area contributed by atoms with E-state index in [2.05, 4.69) is 10.4 Å². The Hall–Kier alpha value is -2.22.